The van der Waals surface area contributed by atoms with Crippen LogP contribution in [0.2, 0.25) is 0 Å². The van der Waals surface area contributed by atoms with Crippen molar-refractivity contribution in [2.75, 3.05) is 13.7 Å². The molecule has 1 unspecified atom stereocenters. The van der Waals surface area contributed by atoms with Gasteiger partial charge in [-0.15, -0.1) is 0 Å². The molecule has 0 spiro atoms. The second-order valence-corrected chi connectivity index (χ2v) is 5.29. The molecular weight excluding hydrogens is 280 g/mol. The molecule has 0 radical (unpaired) electrons. The van der Waals surface area contributed by atoms with Gasteiger partial charge in [0.15, 0.2) is 5.78 Å². The number of hydrogen-bond acceptors (Lipinski definition) is 5. The monoisotopic (exact) mass is 294 g/mol. The zero-order chi connectivity index (χ0) is 15.1. The minimum absolute atomic E-state index is 0.0277. The molecule has 5 heteroatoms. The van der Waals surface area contributed by atoms with Crippen LogP contribution in [0.4, 0.5) is 5.88 Å². The van der Waals surface area contributed by atoms with Gasteiger partial charge in [0.05, 0.1) is 25.0 Å². The average molecular weight is 294 g/mol. The molecule has 1 aromatic carbocycles. The predicted octanol–water partition coefficient (Wildman–Crippen LogP) is 2.92. The molecule has 0 N–H and O–H groups in total. The molecule has 1 aromatic heterocycles. The largest absolute Gasteiger partial charge is 0.497 e. The summed E-state index contributed by atoms with van der Waals surface area (Å²) in [4.78, 5) is 21.1. The second kappa shape index (κ2) is 4.94. The first kappa shape index (κ1) is 13.0. The smallest absolute Gasteiger partial charge is 0.223 e. The van der Waals surface area contributed by atoms with E-state index in [-0.39, 0.29) is 11.7 Å². The van der Waals surface area contributed by atoms with Crippen LogP contribution >= 0.6 is 0 Å². The number of carbonyl (C=O) groups is 1. The van der Waals surface area contributed by atoms with Crippen molar-refractivity contribution in [2.24, 2.45) is 9.98 Å². The summed E-state index contributed by atoms with van der Waals surface area (Å²) in [5.74, 6) is 1.16. The number of rotatable bonds is 2. The van der Waals surface area contributed by atoms with Gasteiger partial charge >= 0.3 is 0 Å². The maximum atomic E-state index is 12.2. The molecule has 3 heterocycles. The predicted molar refractivity (Wildman–Crippen MR) is 82.6 cm³/mol. The number of ketones is 1. The Balaban J connectivity index is 1.92. The number of Topliss-reactive ketones (excluding diaryl/α,β-unsaturated/α-hetero) is 1. The Hall–Kier alpha value is -2.69. The quantitative estimate of drug-likeness (QED) is 0.855. The van der Waals surface area contributed by atoms with Crippen LogP contribution in [-0.4, -0.2) is 30.9 Å². The number of methoxy groups -OCH3 is 1. The highest BCUT2D eigenvalue weighted by molar-refractivity contribution is 6.70. The Labute approximate surface area is 127 Å². The third kappa shape index (κ3) is 1.89. The summed E-state index contributed by atoms with van der Waals surface area (Å²) in [6, 6.07) is 9.69. The van der Waals surface area contributed by atoms with Gasteiger partial charge in [-0.1, -0.05) is 12.1 Å². The number of nitrogens with zero attached hydrogens (tertiary/aromatic N) is 2. The summed E-state index contributed by atoms with van der Waals surface area (Å²) < 4.78 is 10.7. The van der Waals surface area contributed by atoms with Gasteiger partial charge in [0.1, 0.15) is 11.5 Å². The molecule has 110 valence electrons. The Morgan fingerprint density at radius 2 is 2.23 bits per heavy atom. The fraction of sp³-hybridized carbons (Fsp3) is 0.235. The minimum atomic E-state index is -0.138. The summed E-state index contributed by atoms with van der Waals surface area (Å²) >= 11 is 0. The van der Waals surface area contributed by atoms with Crippen molar-refractivity contribution in [3.63, 3.8) is 0 Å². The van der Waals surface area contributed by atoms with Crippen molar-refractivity contribution in [1.82, 2.24) is 0 Å². The van der Waals surface area contributed by atoms with E-state index in [1.54, 1.807) is 13.4 Å². The highest BCUT2D eigenvalue weighted by atomic mass is 16.5. The van der Waals surface area contributed by atoms with Gasteiger partial charge in [0.25, 0.3) is 0 Å². The number of ether oxygens (including phenoxy) is 1. The summed E-state index contributed by atoms with van der Waals surface area (Å²) in [6.07, 6.45) is 2.01. The van der Waals surface area contributed by atoms with E-state index in [1.807, 2.05) is 30.3 Å². The van der Waals surface area contributed by atoms with E-state index >= 15 is 0 Å². The molecule has 0 saturated heterocycles. The standard InChI is InChI=1S/C17H14N2O3/c1-21-11-4-2-3-10(9-11)14-12-6-8-22-17(12)19-15-13(20)5-7-18-16(14)15/h2-4,6,8-9,14H,5,7H2,1H3. The SMILES string of the molecule is COc1cccc(C2C3=NCCC(=O)C3=Nc3occc32)c1. The molecule has 2 aliphatic heterocycles. The Kier molecular flexibility index (Phi) is 2.92. The van der Waals surface area contributed by atoms with Crippen LogP contribution in [0.25, 0.3) is 0 Å². The van der Waals surface area contributed by atoms with Crippen molar-refractivity contribution in [3.05, 3.63) is 47.7 Å². The Morgan fingerprint density at radius 3 is 3.09 bits per heavy atom. The summed E-state index contributed by atoms with van der Waals surface area (Å²) in [7, 11) is 1.64. The van der Waals surface area contributed by atoms with Gasteiger partial charge < -0.3 is 9.15 Å². The molecule has 0 amide bonds. The van der Waals surface area contributed by atoms with Gasteiger partial charge in [-0.3, -0.25) is 9.79 Å². The van der Waals surface area contributed by atoms with Gasteiger partial charge in [-0.05, 0) is 23.8 Å². The maximum Gasteiger partial charge on any atom is 0.223 e. The molecule has 4 rings (SSSR count). The van der Waals surface area contributed by atoms with E-state index in [1.165, 1.54) is 0 Å². The second-order valence-electron chi connectivity index (χ2n) is 5.29. The van der Waals surface area contributed by atoms with Gasteiger partial charge in [0.2, 0.25) is 5.88 Å². The lowest BCUT2D eigenvalue weighted by Crippen LogP contribution is -2.35. The van der Waals surface area contributed by atoms with Crippen LogP contribution in [0.3, 0.4) is 0 Å². The number of fused-ring (bicyclic) bond motifs is 2. The summed E-state index contributed by atoms with van der Waals surface area (Å²) in [5, 5.41) is 0. The molecule has 0 saturated carbocycles. The first-order valence-corrected chi connectivity index (χ1v) is 7.16. The van der Waals surface area contributed by atoms with Crippen LogP contribution < -0.4 is 4.74 Å². The maximum absolute atomic E-state index is 12.2. The molecule has 0 bridgehead atoms. The topological polar surface area (TPSA) is 64.2 Å². The minimum Gasteiger partial charge on any atom is -0.497 e. The Bertz CT molecular complexity index is 817. The van der Waals surface area contributed by atoms with Crippen molar-refractivity contribution in [1.29, 1.82) is 0 Å². The van der Waals surface area contributed by atoms with E-state index in [0.717, 1.165) is 22.6 Å². The van der Waals surface area contributed by atoms with E-state index < -0.39 is 0 Å². The lowest BCUT2D eigenvalue weighted by Gasteiger charge is -2.26. The number of hydrogen-bond donors (Lipinski definition) is 0. The van der Waals surface area contributed by atoms with Crippen molar-refractivity contribution in [2.45, 2.75) is 12.3 Å². The van der Waals surface area contributed by atoms with Crippen molar-refractivity contribution < 1.29 is 13.9 Å². The first-order chi connectivity index (χ1) is 10.8. The van der Waals surface area contributed by atoms with E-state index in [4.69, 9.17) is 9.15 Å². The van der Waals surface area contributed by atoms with Crippen LogP contribution in [-0.2, 0) is 4.79 Å². The van der Waals surface area contributed by atoms with Crippen LogP contribution in [0, 0.1) is 0 Å². The van der Waals surface area contributed by atoms with Crippen LogP contribution in [0.1, 0.15) is 23.5 Å². The molecular formula is C17H14N2O3. The molecule has 0 fully saturated rings. The zero-order valence-electron chi connectivity index (χ0n) is 12.1. The fourth-order valence-corrected chi connectivity index (χ4v) is 2.99. The van der Waals surface area contributed by atoms with E-state index in [0.29, 0.717) is 24.6 Å². The number of furan rings is 1. The van der Waals surface area contributed by atoms with Gasteiger partial charge in [-0.2, -0.15) is 0 Å². The third-order valence-corrected chi connectivity index (χ3v) is 4.03. The summed E-state index contributed by atoms with van der Waals surface area (Å²) in [6.45, 7) is 0.515. The van der Waals surface area contributed by atoms with Gasteiger partial charge in [0, 0.05) is 18.5 Å². The lowest BCUT2D eigenvalue weighted by atomic mass is 9.82. The van der Waals surface area contributed by atoms with Crippen LogP contribution in [0.5, 0.6) is 5.75 Å². The fourth-order valence-electron chi connectivity index (χ4n) is 2.99. The lowest BCUT2D eigenvalue weighted by molar-refractivity contribution is -0.112. The van der Waals surface area contributed by atoms with E-state index in [9.17, 15) is 4.79 Å². The van der Waals surface area contributed by atoms with Crippen molar-refractivity contribution >= 4 is 23.1 Å². The third-order valence-electron chi connectivity index (χ3n) is 4.03. The van der Waals surface area contributed by atoms with Crippen molar-refractivity contribution in [3.8, 4) is 5.75 Å². The number of benzene rings is 1. The van der Waals surface area contributed by atoms with Gasteiger partial charge in [-0.25, -0.2) is 4.99 Å². The molecule has 2 aromatic rings. The molecule has 0 aliphatic carbocycles. The molecule has 2 aliphatic rings. The zero-order valence-corrected chi connectivity index (χ0v) is 12.1. The number of carbonyl (C=O) groups excluding carboxylic acids is 1. The van der Waals surface area contributed by atoms with Crippen LogP contribution in [0.15, 0.2) is 51.0 Å². The van der Waals surface area contributed by atoms with E-state index in [2.05, 4.69) is 9.98 Å². The highest BCUT2D eigenvalue weighted by Gasteiger charge is 2.37. The number of aliphatic imine (C=N–C) groups is 2. The molecule has 22 heavy (non-hydrogen) atoms. The molecule has 5 nitrogen and oxygen atoms in total. The Morgan fingerprint density at radius 1 is 1.32 bits per heavy atom. The average Bonchev–Trinajstić information content (AvgIpc) is 3.01. The molecule has 1 atom stereocenters. The normalized spacial score (nSPS) is 19.9. The first-order valence-electron chi connectivity index (χ1n) is 7.16. The highest BCUT2D eigenvalue weighted by Crippen LogP contribution is 2.40. The summed E-state index contributed by atoms with van der Waals surface area (Å²) in [5.41, 5.74) is 3.12.